The van der Waals surface area contributed by atoms with E-state index in [4.69, 9.17) is 5.73 Å². The summed E-state index contributed by atoms with van der Waals surface area (Å²) in [7, 11) is 0. The van der Waals surface area contributed by atoms with Crippen LogP contribution in [-0.4, -0.2) is 17.3 Å². The van der Waals surface area contributed by atoms with Crippen LogP contribution in [0.25, 0.3) is 0 Å². The molecule has 150 valence electrons. The average Bonchev–Trinajstić information content (AvgIpc) is 2.83. The molecule has 0 radical (unpaired) electrons. The molecule has 2 nitrogen and oxygen atoms in total. The van der Waals surface area contributed by atoms with Gasteiger partial charge in [-0.25, -0.2) is 4.98 Å². The van der Waals surface area contributed by atoms with Crippen molar-refractivity contribution in [3.63, 3.8) is 0 Å². The van der Waals surface area contributed by atoms with Crippen LogP contribution in [0, 0.1) is 0 Å². The van der Waals surface area contributed by atoms with Gasteiger partial charge in [-0.15, -0.1) is 23.5 Å². The molecule has 0 bridgehead atoms. The maximum absolute atomic E-state index is 5.77. The van der Waals surface area contributed by atoms with Crippen LogP contribution in [0.3, 0.4) is 0 Å². The second-order valence-electron chi connectivity index (χ2n) is 6.83. The average molecular weight is 429 g/mol. The molecule has 30 heavy (non-hydrogen) atoms. The van der Waals surface area contributed by atoms with Crippen molar-refractivity contribution >= 4 is 23.5 Å². The third-order valence-corrected chi connectivity index (χ3v) is 7.63. The van der Waals surface area contributed by atoms with Crippen molar-refractivity contribution in [3.8, 4) is 0 Å². The van der Waals surface area contributed by atoms with Gasteiger partial charge in [0, 0.05) is 23.4 Å². The van der Waals surface area contributed by atoms with Gasteiger partial charge in [-0.3, -0.25) is 0 Å². The quantitative estimate of drug-likeness (QED) is 0.267. The minimum atomic E-state index is -0.398. The number of benzene rings is 3. The normalized spacial score (nSPS) is 11.4. The van der Waals surface area contributed by atoms with E-state index in [2.05, 4.69) is 102 Å². The summed E-state index contributed by atoms with van der Waals surface area (Å²) >= 11 is 3.56. The summed E-state index contributed by atoms with van der Waals surface area (Å²) in [5.41, 5.74) is 9.50. The van der Waals surface area contributed by atoms with Gasteiger partial charge in [0.25, 0.3) is 0 Å². The van der Waals surface area contributed by atoms with Crippen molar-refractivity contribution in [2.24, 2.45) is 5.73 Å². The molecular formula is C26H24N2S2. The van der Waals surface area contributed by atoms with Crippen LogP contribution < -0.4 is 5.73 Å². The Labute approximate surface area is 187 Å². The summed E-state index contributed by atoms with van der Waals surface area (Å²) in [6, 6.07) is 36.4. The predicted octanol–water partition coefficient (Wildman–Crippen LogP) is 6.22. The first-order chi connectivity index (χ1) is 14.8. The SMILES string of the molecule is NCCSc1ncccc1SC(c1ccccc1)(c1ccccc1)c1ccccc1. The molecule has 4 heteroatoms. The topological polar surface area (TPSA) is 38.9 Å². The molecule has 1 aromatic heterocycles. The van der Waals surface area contributed by atoms with Crippen LogP contribution in [0.1, 0.15) is 16.7 Å². The van der Waals surface area contributed by atoms with Gasteiger partial charge < -0.3 is 5.73 Å². The Kier molecular flexibility index (Phi) is 6.90. The lowest BCUT2D eigenvalue weighted by Gasteiger charge is -2.35. The van der Waals surface area contributed by atoms with Crippen LogP contribution >= 0.6 is 23.5 Å². The Morgan fingerprint density at radius 3 is 1.63 bits per heavy atom. The predicted molar refractivity (Wildman–Crippen MR) is 129 cm³/mol. The Balaban J connectivity index is 1.95. The zero-order chi connectivity index (χ0) is 20.7. The second kappa shape index (κ2) is 9.98. The van der Waals surface area contributed by atoms with E-state index in [9.17, 15) is 0 Å². The fourth-order valence-electron chi connectivity index (χ4n) is 3.58. The number of rotatable bonds is 8. The molecule has 0 aliphatic rings. The molecular weight excluding hydrogens is 404 g/mol. The van der Waals surface area contributed by atoms with Crippen molar-refractivity contribution < 1.29 is 0 Å². The molecule has 4 rings (SSSR count). The van der Waals surface area contributed by atoms with E-state index in [1.54, 1.807) is 11.8 Å². The van der Waals surface area contributed by atoms with Gasteiger partial charge in [-0.05, 0) is 28.8 Å². The summed E-state index contributed by atoms with van der Waals surface area (Å²) in [4.78, 5) is 5.83. The molecule has 0 unspecified atom stereocenters. The van der Waals surface area contributed by atoms with Gasteiger partial charge in [-0.2, -0.15) is 0 Å². The van der Waals surface area contributed by atoms with Gasteiger partial charge >= 0.3 is 0 Å². The first-order valence-electron chi connectivity index (χ1n) is 9.98. The van der Waals surface area contributed by atoms with Gasteiger partial charge in [0.15, 0.2) is 0 Å². The Morgan fingerprint density at radius 2 is 1.17 bits per heavy atom. The summed E-state index contributed by atoms with van der Waals surface area (Å²) in [5, 5.41) is 1.03. The van der Waals surface area contributed by atoms with Gasteiger partial charge in [0.2, 0.25) is 0 Å². The fourth-order valence-corrected chi connectivity index (χ4v) is 5.92. The zero-order valence-corrected chi connectivity index (χ0v) is 18.3. The summed E-state index contributed by atoms with van der Waals surface area (Å²) in [6.45, 7) is 0.631. The van der Waals surface area contributed by atoms with E-state index >= 15 is 0 Å². The number of nitrogens with zero attached hydrogens (tertiary/aromatic N) is 1. The van der Waals surface area contributed by atoms with E-state index in [1.807, 2.05) is 24.0 Å². The van der Waals surface area contributed by atoms with Crippen molar-refractivity contribution in [2.75, 3.05) is 12.3 Å². The maximum atomic E-state index is 5.77. The number of aromatic nitrogens is 1. The van der Waals surface area contributed by atoms with Gasteiger partial charge in [-0.1, -0.05) is 91.0 Å². The number of nitrogens with two attached hydrogens (primary N) is 1. The van der Waals surface area contributed by atoms with E-state index in [1.165, 1.54) is 16.7 Å². The monoisotopic (exact) mass is 428 g/mol. The van der Waals surface area contributed by atoms with E-state index in [-0.39, 0.29) is 0 Å². The molecule has 0 aliphatic carbocycles. The lowest BCUT2D eigenvalue weighted by molar-refractivity contribution is 0.886. The summed E-state index contributed by atoms with van der Waals surface area (Å²) in [5.74, 6) is 0.847. The molecule has 2 N–H and O–H groups in total. The highest BCUT2D eigenvalue weighted by Gasteiger charge is 2.38. The van der Waals surface area contributed by atoms with Gasteiger partial charge in [0.1, 0.15) is 5.03 Å². The van der Waals surface area contributed by atoms with Crippen LogP contribution in [-0.2, 0) is 4.75 Å². The fraction of sp³-hybridized carbons (Fsp3) is 0.115. The third kappa shape index (κ3) is 4.31. The molecule has 4 aromatic rings. The molecule has 3 aromatic carbocycles. The highest BCUT2D eigenvalue weighted by Crippen LogP contribution is 2.52. The van der Waals surface area contributed by atoms with Crippen molar-refractivity contribution in [1.29, 1.82) is 0 Å². The van der Waals surface area contributed by atoms with Crippen LogP contribution in [0.5, 0.6) is 0 Å². The summed E-state index contributed by atoms with van der Waals surface area (Å²) in [6.07, 6.45) is 1.86. The minimum absolute atomic E-state index is 0.398. The molecule has 1 heterocycles. The maximum Gasteiger partial charge on any atom is 0.110 e. The number of hydrogen-bond donors (Lipinski definition) is 1. The Hall–Kier alpha value is -2.53. The molecule has 0 spiro atoms. The van der Waals surface area contributed by atoms with E-state index < -0.39 is 4.75 Å². The first kappa shape index (κ1) is 20.7. The van der Waals surface area contributed by atoms with Crippen LogP contribution in [0.4, 0.5) is 0 Å². The highest BCUT2D eigenvalue weighted by molar-refractivity contribution is 8.03. The molecule has 0 saturated carbocycles. The van der Waals surface area contributed by atoms with E-state index in [0.29, 0.717) is 6.54 Å². The lowest BCUT2D eigenvalue weighted by atomic mass is 9.84. The largest absolute Gasteiger partial charge is 0.330 e. The van der Waals surface area contributed by atoms with Crippen molar-refractivity contribution in [3.05, 3.63) is 126 Å². The van der Waals surface area contributed by atoms with Gasteiger partial charge in [0.05, 0.1) is 4.75 Å². The lowest BCUT2D eigenvalue weighted by Crippen LogP contribution is -2.25. The van der Waals surface area contributed by atoms with Crippen molar-refractivity contribution in [2.45, 2.75) is 14.7 Å². The molecule has 0 amide bonds. The van der Waals surface area contributed by atoms with Crippen LogP contribution in [0.15, 0.2) is 119 Å². The number of pyridine rings is 1. The van der Waals surface area contributed by atoms with Crippen LogP contribution in [0.2, 0.25) is 0 Å². The van der Waals surface area contributed by atoms with Crippen molar-refractivity contribution in [1.82, 2.24) is 4.98 Å². The van der Waals surface area contributed by atoms with E-state index in [0.717, 1.165) is 15.7 Å². The number of thioether (sulfide) groups is 2. The standard InChI is InChI=1S/C26H24N2S2/c27-18-20-29-25-24(17-10-19-28-25)30-26(21-11-4-1-5-12-21,22-13-6-2-7-14-22)23-15-8-3-9-16-23/h1-17,19H,18,20,27H2. The zero-order valence-electron chi connectivity index (χ0n) is 16.6. The Bertz CT molecular complexity index is 957. The first-order valence-corrected chi connectivity index (χ1v) is 11.8. The minimum Gasteiger partial charge on any atom is -0.330 e. The highest BCUT2D eigenvalue weighted by atomic mass is 32.2. The molecule has 0 fully saturated rings. The molecule has 0 saturated heterocycles. The number of hydrogen-bond acceptors (Lipinski definition) is 4. The smallest absolute Gasteiger partial charge is 0.110 e. The third-order valence-electron chi connectivity index (χ3n) is 4.90. The molecule has 0 atom stereocenters. The molecule has 0 aliphatic heterocycles. The Morgan fingerprint density at radius 1 is 0.667 bits per heavy atom. The second-order valence-corrected chi connectivity index (χ2v) is 9.17. The summed E-state index contributed by atoms with van der Waals surface area (Å²) < 4.78 is -0.398.